The van der Waals surface area contributed by atoms with E-state index >= 15 is 0 Å². The molecule has 0 aromatic heterocycles. The van der Waals surface area contributed by atoms with Gasteiger partial charge >= 0.3 is 17.9 Å². The lowest BCUT2D eigenvalue weighted by molar-refractivity contribution is -0.144. The van der Waals surface area contributed by atoms with Crippen LogP contribution >= 0.6 is 0 Å². The van der Waals surface area contributed by atoms with Crippen LogP contribution in [-0.4, -0.2) is 116 Å². The molecule has 3 aliphatic heterocycles. The average molecular weight is 815 g/mol. The standard InChI is InChI=1S/C45H58N4O10/c50-42(29-59-38-9-3-6-32(22-38)25-41(45(55)56)35-12-15-48-28-35)49(16-18-57-36-7-1-4-30(20-36)23-39(43(51)52)33-10-13-46-26-33)17-19-58-37-8-2-5-31(21-37)24-40(44(53)54)34-11-14-47-27-34/h1-9,20-22,33-35,39-41,46-48H,10-19,23-29H2,(H,51,52)(H,53,54)(H,55,56). The number of hydrogen-bond acceptors (Lipinski definition) is 10. The minimum absolute atomic E-state index is 0.0499. The van der Waals surface area contributed by atoms with E-state index in [0.717, 1.165) is 55.6 Å². The zero-order chi connectivity index (χ0) is 41.6. The first-order valence-electron chi connectivity index (χ1n) is 20.9. The van der Waals surface area contributed by atoms with Crippen molar-refractivity contribution in [3.63, 3.8) is 0 Å². The summed E-state index contributed by atoms with van der Waals surface area (Å²) in [7, 11) is 0. The molecule has 3 aliphatic rings. The van der Waals surface area contributed by atoms with Crippen molar-refractivity contribution in [3.05, 3.63) is 89.5 Å². The number of rotatable bonds is 23. The van der Waals surface area contributed by atoms with Gasteiger partial charge in [-0.1, -0.05) is 36.4 Å². The SMILES string of the molecule is O=C(O)C(Cc1cccc(OCCN(CCOc2cccc(CC(C(=O)O)C3CCNC3)c2)C(=O)COc2cccc(CC(C(=O)O)C3CCNC3)c2)c1)C1CCNC1. The molecule has 59 heavy (non-hydrogen) atoms. The minimum Gasteiger partial charge on any atom is -0.492 e. The van der Waals surface area contributed by atoms with E-state index in [2.05, 4.69) is 16.0 Å². The molecule has 0 aliphatic carbocycles. The third-order valence-electron chi connectivity index (χ3n) is 12.0. The Bertz CT molecular complexity index is 1770. The number of carboxylic acid groups (broad SMARTS) is 3. The zero-order valence-electron chi connectivity index (χ0n) is 33.6. The topological polar surface area (TPSA) is 196 Å². The van der Waals surface area contributed by atoms with Gasteiger partial charge in [-0.05, 0) is 149 Å². The van der Waals surface area contributed by atoms with Crippen molar-refractivity contribution in [2.75, 3.05) is 72.2 Å². The highest BCUT2D eigenvalue weighted by Gasteiger charge is 2.33. The van der Waals surface area contributed by atoms with E-state index in [1.165, 1.54) is 0 Å². The third-order valence-corrected chi connectivity index (χ3v) is 12.0. The Morgan fingerprint density at radius 3 is 1.24 bits per heavy atom. The maximum atomic E-state index is 13.7. The van der Waals surface area contributed by atoms with Gasteiger partial charge in [-0.25, -0.2) is 0 Å². The molecule has 0 spiro atoms. The van der Waals surface area contributed by atoms with Crippen LogP contribution in [0.2, 0.25) is 0 Å². The first-order chi connectivity index (χ1) is 28.6. The third kappa shape index (κ3) is 12.9. The molecular formula is C45H58N4O10. The predicted octanol–water partition coefficient (Wildman–Crippen LogP) is 3.61. The van der Waals surface area contributed by atoms with Crippen LogP contribution in [0.5, 0.6) is 17.2 Å². The van der Waals surface area contributed by atoms with E-state index in [1.807, 2.05) is 54.6 Å². The summed E-state index contributed by atoms with van der Waals surface area (Å²) in [5, 5.41) is 39.6. The van der Waals surface area contributed by atoms with Gasteiger partial charge < -0.3 is 50.4 Å². The van der Waals surface area contributed by atoms with Crippen LogP contribution in [0.15, 0.2) is 72.8 Å². The van der Waals surface area contributed by atoms with Gasteiger partial charge in [0.15, 0.2) is 6.61 Å². The molecule has 318 valence electrons. The molecule has 3 heterocycles. The Morgan fingerprint density at radius 2 is 0.915 bits per heavy atom. The molecule has 6 unspecified atom stereocenters. The molecule has 14 nitrogen and oxygen atoms in total. The molecule has 3 saturated heterocycles. The second-order valence-corrected chi connectivity index (χ2v) is 16.0. The lowest BCUT2D eigenvalue weighted by atomic mass is 9.86. The molecule has 0 radical (unpaired) electrons. The van der Waals surface area contributed by atoms with Crippen LogP contribution in [0.1, 0.15) is 36.0 Å². The largest absolute Gasteiger partial charge is 0.492 e. The first kappa shape index (κ1) is 43.4. The van der Waals surface area contributed by atoms with Crippen molar-refractivity contribution < 1.29 is 48.7 Å². The van der Waals surface area contributed by atoms with Crippen LogP contribution in [0.25, 0.3) is 0 Å². The average Bonchev–Trinajstić information content (AvgIpc) is 4.06. The summed E-state index contributed by atoms with van der Waals surface area (Å²) in [4.78, 5) is 51.7. The van der Waals surface area contributed by atoms with E-state index in [-0.39, 0.29) is 56.6 Å². The quantitative estimate of drug-likeness (QED) is 0.0814. The van der Waals surface area contributed by atoms with Gasteiger partial charge in [0, 0.05) is 0 Å². The second-order valence-electron chi connectivity index (χ2n) is 16.0. The molecule has 6 rings (SSSR count). The molecular weight excluding hydrogens is 757 g/mol. The number of benzene rings is 3. The Morgan fingerprint density at radius 1 is 0.559 bits per heavy atom. The molecule has 3 aromatic carbocycles. The number of carbonyl (C=O) groups excluding carboxylic acids is 1. The molecule has 0 bridgehead atoms. The molecule has 0 saturated carbocycles. The zero-order valence-corrected chi connectivity index (χ0v) is 33.6. The van der Waals surface area contributed by atoms with Gasteiger partial charge in [0.05, 0.1) is 30.8 Å². The normalized spacial score (nSPS) is 20.4. The number of nitrogens with one attached hydrogen (secondary N) is 3. The Balaban J connectivity index is 1.08. The number of ether oxygens (including phenoxy) is 3. The summed E-state index contributed by atoms with van der Waals surface area (Å²) < 4.78 is 18.2. The molecule has 6 atom stereocenters. The van der Waals surface area contributed by atoms with Crippen LogP contribution in [0.4, 0.5) is 0 Å². The maximum Gasteiger partial charge on any atom is 0.307 e. The van der Waals surface area contributed by atoms with Crippen molar-refractivity contribution in [2.45, 2.75) is 38.5 Å². The molecule has 3 fully saturated rings. The number of aliphatic carboxylic acids is 3. The Hall–Kier alpha value is -5.18. The number of amides is 1. The molecule has 3 aromatic rings. The highest BCUT2D eigenvalue weighted by atomic mass is 16.5. The van der Waals surface area contributed by atoms with E-state index < -0.39 is 35.7 Å². The first-order valence-corrected chi connectivity index (χ1v) is 20.9. The number of carbonyl (C=O) groups is 4. The highest BCUT2D eigenvalue weighted by molar-refractivity contribution is 5.78. The minimum atomic E-state index is -0.823. The summed E-state index contributed by atoms with van der Waals surface area (Å²) in [6.45, 7) is 4.99. The van der Waals surface area contributed by atoms with Gasteiger partial charge in [0.1, 0.15) is 30.5 Å². The van der Waals surface area contributed by atoms with E-state index in [9.17, 15) is 34.5 Å². The number of hydrogen-bond donors (Lipinski definition) is 6. The van der Waals surface area contributed by atoms with E-state index in [0.29, 0.717) is 56.1 Å². The van der Waals surface area contributed by atoms with Gasteiger partial charge in [0.25, 0.3) is 5.91 Å². The van der Waals surface area contributed by atoms with Crippen molar-refractivity contribution >= 4 is 23.8 Å². The summed E-state index contributed by atoms with van der Waals surface area (Å²) in [6, 6.07) is 22.0. The van der Waals surface area contributed by atoms with Gasteiger partial charge in [-0.3, -0.25) is 19.2 Å². The maximum absolute atomic E-state index is 13.7. The van der Waals surface area contributed by atoms with Crippen LogP contribution in [0.3, 0.4) is 0 Å². The predicted molar refractivity (Wildman–Crippen MR) is 220 cm³/mol. The van der Waals surface area contributed by atoms with Crippen LogP contribution in [-0.2, 0) is 38.4 Å². The molecule has 6 N–H and O–H groups in total. The fourth-order valence-electron chi connectivity index (χ4n) is 8.62. The lowest BCUT2D eigenvalue weighted by Crippen LogP contribution is -2.40. The van der Waals surface area contributed by atoms with Gasteiger partial charge in [0.2, 0.25) is 0 Å². The smallest absolute Gasteiger partial charge is 0.307 e. The van der Waals surface area contributed by atoms with Crippen molar-refractivity contribution in [1.29, 1.82) is 0 Å². The fourth-order valence-corrected chi connectivity index (χ4v) is 8.62. The summed E-state index contributed by atoms with van der Waals surface area (Å²) in [6.07, 6.45) is 3.62. The fraction of sp³-hybridized carbons (Fsp3) is 0.511. The van der Waals surface area contributed by atoms with E-state index in [4.69, 9.17) is 14.2 Å². The van der Waals surface area contributed by atoms with Crippen molar-refractivity contribution in [3.8, 4) is 17.2 Å². The van der Waals surface area contributed by atoms with Crippen LogP contribution in [0, 0.1) is 35.5 Å². The molecule has 14 heteroatoms. The second kappa shape index (κ2) is 21.7. The lowest BCUT2D eigenvalue weighted by Gasteiger charge is -2.24. The summed E-state index contributed by atoms with van der Waals surface area (Å²) >= 11 is 0. The van der Waals surface area contributed by atoms with Crippen molar-refractivity contribution in [1.82, 2.24) is 20.9 Å². The Labute approximate surface area is 345 Å². The monoisotopic (exact) mass is 814 g/mol. The van der Waals surface area contributed by atoms with Gasteiger partial charge in [-0.2, -0.15) is 0 Å². The number of carboxylic acids is 3. The van der Waals surface area contributed by atoms with E-state index in [1.54, 1.807) is 23.1 Å². The summed E-state index contributed by atoms with van der Waals surface area (Å²) in [5.41, 5.74) is 2.55. The number of nitrogens with zero attached hydrogens (tertiary/aromatic N) is 1. The summed E-state index contributed by atoms with van der Waals surface area (Å²) in [5.74, 6) is -2.45. The van der Waals surface area contributed by atoms with Crippen LogP contribution < -0.4 is 30.2 Å². The van der Waals surface area contributed by atoms with Crippen molar-refractivity contribution in [2.24, 2.45) is 35.5 Å². The van der Waals surface area contributed by atoms with Gasteiger partial charge in [-0.15, -0.1) is 0 Å². The Kier molecular flexibility index (Phi) is 16.0. The molecule has 1 amide bonds. The highest BCUT2D eigenvalue weighted by Crippen LogP contribution is 2.28.